The van der Waals surface area contributed by atoms with Gasteiger partial charge in [-0.15, -0.1) is 0 Å². The molecule has 0 radical (unpaired) electrons. The second-order valence-electron chi connectivity index (χ2n) is 6.57. The van der Waals surface area contributed by atoms with Crippen molar-refractivity contribution < 1.29 is 9.53 Å². The monoisotopic (exact) mass is 235 g/mol. The molecule has 0 aromatic carbocycles. The van der Waals surface area contributed by atoms with Crippen molar-refractivity contribution in [2.45, 2.75) is 40.0 Å². The molecule has 0 heterocycles. The number of esters is 1. The first-order valence-corrected chi connectivity index (χ1v) is 6.48. The Labute approximate surface area is 103 Å². The summed E-state index contributed by atoms with van der Waals surface area (Å²) >= 11 is 0. The molecule has 3 nitrogen and oxygen atoms in total. The summed E-state index contributed by atoms with van der Waals surface area (Å²) in [6.07, 6.45) is 3.25. The van der Waals surface area contributed by atoms with Crippen LogP contribution in [0.2, 0.25) is 0 Å². The van der Waals surface area contributed by atoms with Crippen molar-refractivity contribution in [3.8, 4) is 6.07 Å². The van der Waals surface area contributed by atoms with Gasteiger partial charge in [0.25, 0.3) is 0 Å². The summed E-state index contributed by atoms with van der Waals surface area (Å²) in [4.78, 5) is 11.7. The maximum Gasteiger partial charge on any atom is 0.311 e. The van der Waals surface area contributed by atoms with Crippen LogP contribution in [0.3, 0.4) is 0 Å². The van der Waals surface area contributed by atoms with Gasteiger partial charge in [0, 0.05) is 5.92 Å². The molecule has 0 N–H and O–H groups in total. The van der Waals surface area contributed by atoms with Crippen molar-refractivity contribution in [1.29, 1.82) is 5.26 Å². The van der Waals surface area contributed by atoms with Crippen molar-refractivity contribution in [1.82, 2.24) is 0 Å². The molecule has 0 aromatic heterocycles. The standard InChI is InChI=1S/C14H21NO2/c1-14(2,3)13(16)17-8-12-6-9-4-10(12)5-11(9)7-15/h9-12H,4-6,8H2,1-3H3. The van der Waals surface area contributed by atoms with Crippen LogP contribution in [-0.2, 0) is 9.53 Å². The summed E-state index contributed by atoms with van der Waals surface area (Å²) in [6.45, 7) is 6.18. The number of carbonyl (C=O) groups is 1. The zero-order chi connectivity index (χ0) is 12.6. The fourth-order valence-electron chi connectivity index (χ4n) is 3.16. The maximum absolute atomic E-state index is 11.7. The van der Waals surface area contributed by atoms with Gasteiger partial charge < -0.3 is 4.74 Å². The number of hydrogen-bond acceptors (Lipinski definition) is 3. The van der Waals surface area contributed by atoms with Gasteiger partial charge in [0.15, 0.2) is 0 Å². The number of hydrogen-bond donors (Lipinski definition) is 0. The highest BCUT2D eigenvalue weighted by Gasteiger charge is 2.46. The van der Waals surface area contributed by atoms with E-state index in [1.54, 1.807) is 0 Å². The summed E-state index contributed by atoms with van der Waals surface area (Å²) in [5, 5.41) is 8.96. The maximum atomic E-state index is 11.7. The first-order valence-electron chi connectivity index (χ1n) is 6.48. The van der Waals surface area contributed by atoms with Gasteiger partial charge in [-0.1, -0.05) is 0 Å². The van der Waals surface area contributed by atoms with Gasteiger partial charge >= 0.3 is 5.97 Å². The quantitative estimate of drug-likeness (QED) is 0.691. The number of fused-ring (bicyclic) bond motifs is 2. The van der Waals surface area contributed by atoms with Gasteiger partial charge in [0.05, 0.1) is 18.1 Å². The Hall–Kier alpha value is -1.04. The molecule has 2 aliphatic carbocycles. The Bertz CT molecular complexity index is 350. The van der Waals surface area contributed by atoms with Crippen molar-refractivity contribution in [3.05, 3.63) is 0 Å². The SMILES string of the molecule is CC(C)(C)C(=O)OCC1CC2CC1CC2C#N. The van der Waals surface area contributed by atoms with Crippen LogP contribution in [0.25, 0.3) is 0 Å². The van der Waals surface area contributed by atoms with Crippen LogP contribution in [0.4, 0.5) is 0 Å². The molecular formula is C14H21NO2. The van der Waals surface area contributed by atoms with Gasteiger partial charge in [-0.25, -0.2) is 0 Å². The highest BCUT2D eigenvalue weighted by molar-refractivity contribution is 5.75. The molecule has 2 rings (SSSR count). The second-order valence-corrected chi connectivity index (χ2v) is 6.57. The van der Waals surface area contributed by atoms with E-state index in [2.05, 4.69) is 6.07 Å². The topological polar surface area (TPSA) is 50.1 Å². The fourth-order valence-corrected chi connectivity index (χ4v) is 3.16. The molecule has 4 unspecified atom stereocenters. The number of nitrogens with zero attached hydrogens (tertiary/aromatic N) is 1. The third kappa shape index (κ3) is 2.46. The number of rotatable bonds is 2. The third-order valence-corrected chi connectivity index (χ3v) is 4.21. The van der Waals surface area contributed by atoms with Crippen LogP contribution in [-0.4, -0.2) is 12.6 Å². The van der Waals surface area contributed by atoms with Crippen LogP contribution >= 0.6 is 0 Å². The lowest BCUT2D eigenvalue weighted by atomic mass is 9.83. The lowest BCUT2D eigenvalue weighted by Crippen LogP contribution is -2.28. The van der Waals surface area contributed by atoms with Crippen molar-refractivity contribution in [2.24, 2.45) is 29.1 Å². The van der Waals surface area contributed by atoms with E-state index in [1.165, 1.54) is 0 Å². The Balaban J connectivity index is 1.81. The number of nitriles is 1. The Morgan fingerprint density at radius 2 is 2.00 bits per heavy atom. The number of ether oxygens (including phenoxy) is 1. The molecule has 2 aliphatic rings. The molecule has 0 spiro atoms. The van der Waals surface area contributed by atoms with Crippen molar-refractivity contribution in [3.63, 3.8) is 0 Å². The molecule has 2 bridgehead atoms. The van der Waals surface area contributed by atoms with E-state index in [0.717, 1.165) is 19.3 Å². The Morgan fingerprint density at radius 1 is 1.29 bits per heavy atom. The first kappa shape index (κ1) is 12.4. The highest BCUT2D eigenvalue weighted by Crippen LogP contribution is 2.51. The first-order chi connectivity index (χ1) is 7.91. The summed E-state index contributed by atoms with van der Waals surface area (Å²) in [7, 11) is 0. The number of carbonyl (C=O) groups excluding carboxylic acids is 1. The predicted octanol–water partition coefficient (Wildman–Crippen LogP) is 2.76. The third-order valence-electron chi connectivity index (χ3n) is 4.21. The molecule has 0 aromatic rings. The molecule has 0 amide bonds. The molecule has 2 fully saturated rings. The summed E-state index contributed by atoms with van der Waals surface area (Å²) in [5.41, 5.74) is -0.410. The van der Waals surface area contributed by atoms with Crippen LogP contribution < -0.4 is 0 Å². The molecular weight excluding hydrogens is 214 g/mol. The van der Waals surface area contributed by atoms with Crippen LogP contribution in [0, 0.1) is 40.4 Å². The average molecular weight is 235 g/mol. The summed E-state index contributed by atoms with van der Waals surface area (Å²) in [5.74, 6) is 1.81. The van der Waals surface area contributed by atoms with Gasteiger partial charge in [0.1, 0.15) is 0 Å². The van der Waals surface area contributed by atoms with E-state index in [4.69, 9.17) is 10.00 Å². The molecule has 2 saturated carbocycles. The van der Waals surface area contributed by atoms with Crippen molar-refractivity contribution in [2.75, 3.05) is 6.61 Å². The van der Waals surface area contributed by atoms with E-state index in [9.17, 15) is 4.79 Å². The van der Waals surface area contributed by atoms with Crippen molar-refractivity contribution >= 4 is 5.97 Å². The zero-order valence-electron chi connectivity index (χ0n) is 10.9. The Kier molecular flexibility index (Phi) is 3.16. The zero-order valence-corrected chi connectivity index (χ0v) is 10.9. The largest absolute Gasteiger partial charge is 0.465 e. The smallest absolute Gasteiger partial charge is 0.311 e. The lowest BCUT2D eigenvalue weighted by Gasteiger charge is -2.25. The summed E-state index contributed by atoms with van der Waals surface area (Å²) < 4.78 is 5.39. The molecule has 0 saturated heterocycles. The molecule has 17 heavy (non-hydrogen) atoms. The normalized spacial score (nSPS) is 35.6. The van der Waals surface area contributed by atoms with E-state index >= 15 is 0 Å². The van der Waals surface area contributed by atoms with E-state index in [1.807, 2.05) is 20.8 Å². The minimum Gasteiger partial charge on any atom is -0.465 e. The minimum absolute atomic E-state index is 0.114. The minimum atomic E-state index is -0.410. The van der Waals surface area contributed by atoms with E-state index in [0.29, 0.717) is 24.4 Å². The van der Waals surface area contributed by atoms with Gasteiger partial charge in [-0.05, 0) is 57.8 Å². The lowest BCUT2D eigenvalue weighted by molar-refractivity contribution is -0.154. The second kappa shape index (κ2) is 4.33. The average Bonchev–Trinajstić information content (AvgIpc) is 2.82. The summed E-state index contributed by atoms with van der Waals surface area (Å²) in [6, 6.07) is 2.40. The predicted molar refractivity (Wildman–Crippen MR) is 63.8 cm³/mol. The van der Waals surface area contributed by atoms with Crippen LogP contribution in [0.1, 0.15) is 40.0 Å². The molecule has 0 aliphatic heterocycles. The van der Waals surface area contributed by atoms with Crippen LogP contribution in [0.5, 0.6) is 0 Å². The molecule has 3 heteroatoms. The van der Waals surface area contributed by atoms with Gasteiger partial charge in [-0.3, -0.25) is 4.79 Å². The fraction of sp³-hybridized carbons (Fsp3) is 0.857. The van der Waals surface area contributed by atoms with Gasteiger partial charge in [-0.2, -0.15) is 5.26 Å². The van der Waals surface area contributed by atoms with Gasteiger partial charge in [0.2, 0.25) is 0 Å². The molecule has 4 atom stereocenters. The van der Waals surface area contributed by atoms with E-state index in [-0.39, 0.29) is 11.9 Å². The van der Waals surface area contributed by atoms with Crippen LogP contribution in [0.15, 0.2) is 0 Å². The molecule has 94 valence electrons. The van der Waals surface area contributed by atoms with E-state index < -0.39 is 5.41 Å². The Morgan fingerprint density at radius 3 is 2.47 bits per heavy atom. The highest BCUT2D eigenvalue weighted by atomic mass is 16.5.